The van der Waals surface area contributed by atoms with Crippen LogP contribution < -0.4 is 0 Å². The molecule has 1 unspecified atom stereocenters. The summed E-state index contributed by atoms with van der Waals surface area (Å²) < 4.78 is 14.9. The molecule has 0 aromatic carbocycles. The van der Waals surface area contributed by atoms with Crippen molar-refractivity contribution in [3.8, 4) is 0 Å². The van der Waals surface area contributed by atoms with Crippen LogP contribution in [0.3, 0.4) is 0 Å². The second-order valence-electron chi connectivity index (χ2n) is 4.64. The Balaban J connectivity index is 0.000000200. The van der Waals surface area contributed by atoms with Crippen molar-refractivity contribution in [1.29, 1.82) is 0 Å². The van der Waals surface area contributed by atoms with Crippen LogP contribution in [-0.4, -0.2) is 37.9 Å². The number of hydrogen-bond donors (Lipinski definition) is 0. The molecule has 0 aliphatic carbocycles. The highest BCUT2D eigenvalue weighted by Gasteiger charge is 2.22. The van der Waals surface area contributed by atoms with Gasteiger partial charge in [-0.2, -0.15) is 0 Å². The lowest BCUT2D eigenvalue weighted by molar-refractivity contribution is -0.155. The van der Waals surface area contributed by atoms with E-state index in [2.05, 4.69) is 0 Å². The van der Waals surface area contributed by atoms with Gasteiger partial charge in [0.2, 0.25) is 0 Å². The zero-order chi connectivity index (χ0) is 13.9. The SMILES string of the molecule is CCOC1CCCCOC1=O.O=C1CCCCCO1. The highest BCUT2D eigenvalue weighted by atomic mass is 16.6. The average molecular weight is 272 g/mol. The smallest absolute Gasteiger partial charge is 0.335 e. The van der Waals surface area contributed by atoms with Gasteiger partial charge in [0.25, 0.3) is 0 Å². The standard InChI is InChI=1S/C8H14O3.C6H10O2/c1-2-10-7-5-3-4-6-11-8(7)9;7-6-4-2-1-3-5-8-6/h7H,2-6H2,1H3;1-5H2. The second kappa shape index (κ2) is 9.78. The number of esters is 2. The van der Waals surface area contributed by atoms with Crippen LogP contribution in [0.4, 0.5) is 0 Å². The van der Waals surface area contributed by atoms with E-state index >= 15 is 0 Å². The summed E-state index contributed by atoms with van der Waals surface area (Å²) in [5.74, 6) is -0.216. The molecule has 5 nitrogen and oxygen atoms in total. The number of hydrogen-bond acceptors (Lipinski definition) is 5. The van der Waals surface area contributed by atoms with Crippen molar-refractivity contribution >= 4 is 11.9 Å². The van der Waals surface area contributed by atoms with Crippen molar-refractivity contribution in [3.63, 3.8) is 0 Å². The molecule has 2 heterocycles. The topological polar surface area (TPSA) is 61.8 Å². The molecule has 0 aromatic rings. The van der Waals surface area contributed by atoms with Crippen LogP contribution in [0.15, 0.2) is 0 Å². The minimum atomic E-state index is -0.303. The van der Waals surface area contributed by atoms with Gasteiger partial charge in [-0.05, 0) is 45.4 Å². The van der Waals surface area contributed by atoms with Gasteiger partial charge < -0.3 is 14.2 Å². The fourth-order valence-corrected chi connectivity index (χ4v) is 1.97. The Labute approximate surface area is 114 Å². The first-order valence-electron chi connectivity index (χ1n) is 7.18. The summed E-state index contributed by atoms with van der Waals surface area (Å²) in [7, 11) is 0. The maximum absolute atomic E-state index is 11.1. The Morgan fingerprint density at radius 1 is 1.05 bits per heavy atom. The second-order valence-corrected chi connectivity index (χ2v) is 4.64. The minimum absolute atomic E-state index is 0.0255. The first-order valence-corrected chi connectivity index (χ1v) is 7.18. The quantitative estimate of drug-likeness (QED) is 0.721. The average Bonchev–Trinajstić information content (AvgIpc) is 2.75. The molecule has 2 fully saturated rings. The summed E-state index contributed by atoms with van der Waals surface area (Å²) in [4.78, 5) is 21.5. The molecule has 110 valence electrons. The molecule has 0 N–H and O–H groups in total. The maximum atomic E-state index is 11.1. The molecule has 2 rings (SSSR count). The third-order valence-corrected chi connectivity index (χ3v) is 3.02. The molecule has 0 radical (unpaired) electrons. The van der Waals surface area contributed by atoms with Gasteiger partial charge in [0.05, 0.1) is 13.2 Å². The van der Waals surface area contributed by atoms with E-state index < -0.39 is 0 Å². The van der Waals surface area contributed by atoms with Crippen LogP contribution in [-0.2, 0) is 23.8 Å². The molecule has 0 saturated carbocycles. The van der Waals surface area contributed by atoms with Crippen LogP contribution in [0.5, 0.6) is 0 Å². The molecule has 19 heavy (non-hydrogen) atoms. The Morgan fingerprint density at radius 3 is 2.58 bits per heavy atom. The van der Waals surface area contributed by atoms with Crippen molar-refractivity contribution in [3.05, 3.63) is 0 Å². The summed E-state index contributed by atoms with van der Waals surface area (Å²) in [5.41, 5.74) is 0. The summed E-state index contributed by atoms with van der Waals surface area (Å²) >= 11 is 0. The van der Waals surface area contributed by atoms with Crippen LogP contribution in [0.2, 0.25) is 0 Å². The normalized spacial score (nSPS) is 24.2. The van der Waals surface area contributed by atoms with E-state index in [9.17, 15) is 9.59 Å². The third kappa shape index (κ3) is 7.15. The minimum Gasteiger partial charge on any atom is -0.466 e. The van der Waals surface area contributed by atoms with E-state index in [0.717, 1.165) is 38.5 Å². The lowest BCUT2D eigenvalue weighted by Gasteiger charge is -2.10. The Bertz CT molecular complexity index is 267. The van der Waals surface area contributed by atoms with E-state index in [1.165, 1.54) is 0 Å². The Kier molecular flexibility index (Phi) is 8.21. The fourth-order valence-electron chi connectivity index (χ4n) is 1.97. The van der Waals surface area contributed by atoms with Gasteiger partial charge in [0.15, 0.2) is 6.10 Å². The molecule has 2 aliphatic heterocycles. The van der Waals surface area contributed by atoms with E-state index in [0.29, 0.717) is 26.2 Å². The van der Waals surface area contributed by atoms with Gasteiger partial charge in [-0.15, -0.1) is 0 Å². The molecule has 0 aromatic heterocycles. The fraction of sp³-hybridized carbons (Fsp3) is 0.857. The Hall–Kier alpha value is -1.10. The number of carbonyl (C=O) groups excluding carboxylic acids is 2. The molecule has 0 amide bonds. The summed E-state index contributed by atoms with van der Waals surface area (Å²) in [6.07, 6.45) is 6.33. The number of carbonyl (C=O) groups is 2. The molecule has 2 aliphatic rings. The largest absolute Gasteiger partial charge is 0.466 e. The molecule has 2 saturated heterocycles. The van der Waals surface area contributed by atoms with Crippen molar-refractivity contribution in [1.82, 2.24) is 0 Å². The van der Waals surface area contributed by atoms with Crippen LogP contribution >= 0.6 is 0 Å². The molecule has 5 heteroatoms. The van der Waals surface area contributed by atoms with Crippen molar-refractivity contribution < 1.29 is 23.8 Å². The van der Waals surface area contributed by atoms with Crippen molar-refractivity contribution in [2.24, 2.45) is 0 Å². The molecule has 1 atom stereocenters. The van der Waals surface area contributed by atoms with Gasteiger partial charge in [-0.25, -0.2) is 4.79 Å². The Morgan fingerprint density at radius 2 is 1.79 bits per heavy atom. The van der Waals surface area contributed by atoms with E-state index in [1.807, 2.05) is 6.92 Å². The van der Waals surface area contributed by atoms with Gasteiger partial charge in [0, 0.05) is 13.0 Å². The number of cyclic esters (lactones) is 2. The predicted molar refractivity (Wildman–Crippen MR) is 69.7 cm³/mol. The first kappa shape index (κ1) is 16.0. The predicted octanol–water partition coefficient (Wildman–Crippen LogP) is 2.22. The third-order valence-electron chi connectivity index (χ3n) is 3.02. The summed E-state index contributed by atoms with van der Waals surface area (Å²) in [6, 6.07) is 0. The zero-order valence-corrected chi connectivity index (χ0v) is 11.7. The van der Waals surface area contributed by atoms with Crippen LogP contribution in [0.1, 0.15) is 51.9 Å². The van der Waals surface area contributed by atoms with Gasteiger partial charge in [0.1, 0.15) is 0 Å². The van der Waals surface area contributed by atoms with E-state index in [1.54, 1.807) is 0 Å². The highest BCUT2D eigenvalue weighted by molar-refractivity contribution is 5.74. The van der Waals surface area contributed by atoms with Crippen molar-refractivity contribution in [2.75, 3.05) is 19.8 Å². The van der Waals surface area contributed by atoms with Crippen LogP contribution in [0.25, 0.3) is 0 Å². The maximum Gasteiger partial charge on any atom is 0.335 e. The lowest BCUT2D eigenvalue weighted by Crippen LogP contribution is -2.24. The van der Waals surface area contributed by atoms with Gasteiger partial charge in [-0.1, -0.05) is 0 Å². The highest BCUT2D eigenvalue weighted by Crippen LogP contribution is 2.11. The van der Waals surface area contributed by atoms with Crippen molar-refractivity contribution in [2.45, 2.75) is 58.0 Å². The zero-order valence-electron chi connectivity index (χ0n) is 11.7. The molecular formula is C14H24O5. The first-order chi connectivity index (χ1) is 9.24. The molecule has 0 spiro atoms. The van der Waals surface area contributed by atoms with Gasteiger partial charge >= 0.3 is 11.9 Å². The monoisotopic (exact) mass is 272 g/mol. The molecule has 0 bridgehead atoms. The van der Waals surface area contributed by atoms with Gasteiger partial charge in [-0.3, -0.25) is 4.79 Å². The number of ether oxygens (including phenoxy) is 3. The van der Waals surface area contributed by atoms with E-state index in [4.69, 9.17) is 14.2 Å². The van der Waals surface area contributed by atoms with E-state index in [-0.39, 0.29) is 18.0 Å². The molecular weight excluding hydrogens is 248 g/mol. The number of rotatable bonds is 2. The summed E-state index contributed by atoms with van der Waals surface area (Å²) in [5, 5.41) is 0. The summed E-state index contributed by atoms with van der Waals surface area (Å²) in [6.45, 7) is 3.67. The lowest BCUT2D eigenvalue weighted by atomic mass is 10.2. The van der Waals surface area contributed by atoms with Crippen LogP contribution in [0, 0.1) is 0 Å².